The van der Waals surface area contributed by atoms with Gasteiger partial charge in [-0.25, -0.2) is 4.39 Å². The minimum absolute atomic E-state index is 0.0370. The van der Waals surface area contributed by atoms with Gasteiger partial charge < -0.3 is 10.2 Å². The maximum absolute atomic E-state index is 12.9. The minimum atomic E-state index is -0.358. The highest BCUT2D eigenvalue weighted by molar-refractivity contribution is 5.95. The van der Waals surface area contributed by atoms with Crippen LogP contribution in [0.25, 0.3) is 0 Å². The van der Waals surface area contributed by atoms with Crippen LogP contribution in [-0.4, -0.2) is 40.8 Å². The molecule has 3 rings (SSSR count). The van der Waals surface area contributed by atoms with Crippen molar-refractivity contribution in [3.05, 3.63) is 65.7 Å². The van der Waals surface area contributed by atoms with Crippen molar-refractivity contribution < 1.29 is 14.0 Å². The fourth-order valence-corrected chi connectivity index (χ4v) is 2.77. The van der Waals surface area contributed by atoms with E-state index in [1.807, 2.05) is 0 Å². The number of carbonyl (C=O) groups excluding carboxylic acids is 2. The van der Waals surface area contributed by atoms with Gasteiger partial charge in [-0.1, -0.05) is 0 Å². The van der Waals surface area contributed by atoms with Crippen LogP contribution in [0, 0.1) is 5.82 Å². The SMILES string of the molecule is O=C(NC1CCN(C(=O)c2ccc(F)cc2)CC1)c1cccnc1. The fraction of sp³-hybridized carbons (Fsp3) is 0.278. The number of hydrogen-bond acceptors (Lipinski definition) is 3. The van der Waals surface area contributed by atoms with E-state index in [9.17, 15) is 14.0 Å². The lowest BCUT2D eigenvalue weighted by Crippen LogP contribution is -2.46. The Labute approximate surface area is 139 Å². The molecule has 2 aromatic rings. The molecular formula is C18H18FN3O2. The van der Waals surface area contributed by atoms with Gasteiger partial charge in [-0.15, -0.1) is 0 Å². The molecule has 0 aliphatic carbocycles. The molecule has 5 nitrogen and oxygen atoms in total. The van der Waals surface area contributed by atoms with Gasteiger partial charge in [0.25, 0.3) is 11.8 Å². The number of rotatable bonds is 3. The number of hydrogen-bond donors (Lipinski definition) is 1. The first-order chi connectivity index (χ1) is 11.6. The normalized spacial score (nSPS) is 15.1. The zero-order valence-corrected chi connectivity index (χ0v) is 13.1. The van der Waals surface area contributed by atoms with Gasteiger partial charge >= 0.3 is 0 Å². The van der Waals surface area contributed by atoms with Crippen molar-refractivity contribution in [2.75, 3.05) is 13.1 Å². The van der Waals surface area contributed by atoms with Gasteiger partial charge in [0.1, 0.15) is 5.82 Å². The summed E-state index contributed by atoms with van der Waals surface area (Å²) in [7, 11) is 0. The molecule has 24 heavy (non-hydrogen) atoms. The maximum Gasteiger partial charge on any atom is 0.253 e. The number of aromatic nitrogens is 1. The van der Waals surface area contributed by atoms with Crippen LogP contribution in [0.5, 0.6) is 0 Å². The molecule has 1 fully saturated rings. The van der Waals surface area contributed by atoms with E-state index in [4.69, 9.17) is 0 Å². The summed E-state index contributed by atoms with van der Waals surface area (Å²) in [5, 5.41) is 2.98. The molecule has 0 radical (unpaired) electrons. The number of benzene rings is 1. The standard InChI is InChI=1S/C18H18FN3O2/c19-15-5-3-13(4-6-15)18(24)22-10-7-16(8-11-22)21-17(23)14-2-1-9-20-12-14/h1-6,9,12,16H,7-8,10-11H2,(H,21,23). The summed E-state index contributed by atoms with van der Waals surface area (Å²) in [6.45, 7) is 1.13. The molecule has 0 spiro atoms. The van der Waals surface area contributed by atoms with Crippen molar-refractivity contribution in [3.8, 4) is 0 Å². The van der Waals surface area contributed by atoms with E-state index >= 15 is 0 Å². The Balaban J connectivity index is 1.53. The van der Waals surface area contributed by atoms with Crippen molar-refractivity contribution in [2.24, 2.45) is 0 Å². The topological polar surface area (TPSA) is 62.3 Å². The lowest BCUT2D eigenvalue weighted by molar-refractivity contribution is 0.0698. The van der Waals surface area contributed by atoms with Crippen LogP contribution < -0.4 is 5.32 Å². The Morgan fingerprint density at radius 1 is 1.08 bits per heavy atom. The number of amides is 2. The molecule has 2 amide bonds. The van der Waals surface area contributed by atoms with Gasteiger partial charge in [-0.05, 0) is 49.2 Å². The average Bonchev–Trinajstić information content (AvgIpc) is 2.63. The van der Waals surface area contributed by atoms with E-state index in [0.29, 0.717) is 37.1 Å². The van der Waals surface area contributed by atoms with Gasteiger partial charge in [0.15, 0.2) is 0 Å². The number of halogens is 1. The summed E-state index contributed by atoms with van der Waals surface area (Å²) in [6.07, 6.45) is 4.54. The molecule has 1 aromatic heterocycles. The van der Waals surface area contributed by atoms with Gasteiger partial charge in [-0.2, -0.15) is 0 Å². The summed E-state index contributed by atoms with van der Waals surface area (Å²) < 4.78 is 12.9. The Hall–Kier alpha value is -2.76. The average molecular weight is 327 g/mol. The second-order valence-corrected chi connectivity index (χ2v) is 5.79. The molecule has 2 heterocycles. The highest BCUT2D eigenvalue weighted by Crippen LogP contribution is 2.15. The number of carbonyl (C=O) groups is 2. The van der Waals surface area contributed by atoms with Gasteiger partial charge in [0, 0.05) is 37.1 Å². The third-order valence-electron chi connectivity index (χ3n) is 4.13. The molecule has 1 aromatic carbocycles. The third-order valence-corrected chi connectivity index (χ3v) is 4.13. The van der Waals surface area contributed by atoms with Gasteiger partial charge in [0.2, 0.25) is 0 Å². The first-order valence-electron chi connectivity index (χ1n) is 7.89. The highest BCUT2D eigenvalue weighted by atomic mass is 19.1. The highest BCUT2D eigenvalue weighted by Gasteiger charge is 2.24. The van der Waals surface area contributed by atoms with Gasteiger partial charge in [-0.3, -0.25) is 14.6 Å². The monoisotopic (exact) mass is 327 g/mol. The molecular weight excluding hydrogens is 309 g/mol. The largest absolute Gasteiger partial charge is 0.349 e. The first-order valence-corrected chi connectivity index (χ1v) is 7.89. The zero-order valence-electron chi connectivity index (χ0n) is 13.1. The third kappa shape index (κ3) is 3.76. The van der Waals surface area contributed by atoms with E-state index in [-0.39, 0.29) is 23.7 Å². The lowest BCUT2D eigenvalue weighted by Gasteiger charge is -2.32. The maximum atomic E-state index is 12.9. The lowest BCUT2D eigenvalue weighted by atomic mass is 10.0. The van der Waals surface area contributed by atoms with E-state index < -0.39 is 0 Å². The predicted molar refractivity (Wildman–Crippen MR) is 87.0 cm³/mol. The van der Waals surface area contributed by atoms with Crippen LogP contribution >= 0.6 is 0 Å². The molecule has 1 saturated heterocycles. The zero-order chi connectivity index (χ0) is 16.9. The second kappa shape index (κ2) is 7.21. The summed E-state index contributed by atoms with van der Waals surface area (Å²) in [5.74, 6) is -0.609. The minimum Gasteiger partial charge on any atom is -0.349 e. The van der Waals surface area contributed by atoms with Crippen molar-refractivity contribution in [1.82, 2.24) is 15.2 Å². The molecule has 1 aliphatic heterocycles. The van der Waals surface area contributed by atoms with E-state index in [2.05, 4.69) is 10.3 Å². The first kappa shape index (κ1) is 16.1. The van der Waals surface area contributed by atoms with Crippen LogP contribution in [0.1, 0.15) is 33.6 Å². The van der Waals surface area contributed by atoms with Crippen LogP contribution in [-0.2, 0) is 0 Å². The predicted octanol–water partition coefficient (Wildman–Crippen LogP) is 2.26. The van der Waals surface area contributed by atoms with Gasteiger partial charge in [0.05, 0.1) is 5.56 Å². The van der Waals surface area contributed by atoms with E-state index in [1.54, 1.807) is 23.2 Å². The molecule has 6 heteroatoms. The van der Waals surface area contributed by atoms with Crippen LogP contribution in [0.15, 0.2) is 48.8 Å². The van der Waals surface area contributed by atoms with E-state index in [1.165, 1.54) is 30.5 Å². The Morgan fingerprint density at radius 3 is 2.42 bits per heavy atom. The summed E-state index contributed by atoms with van der Waals surface area (Å²) in [5.41, 5.74) is 1.01. The quantitative estimate of drug-likeness (QED) is 0.940. The van der Waals surface area contributed by atoms with Crippen LogP contribution in [0.4, 0.5) is 4.39 Å². The molecule has 0 bridgehead atoms. The molecule has 124 valence electrons. The summed E-state index contributed by atoms with van der Waals surface area (Å²) in [6, 6.07) is 9.04. The molecule has 0 atom stereocenters. The molecule has 1 aliphatic rings. The van der Waals surface area contributed by atoms with Crippen molar-refractivity contribution in [2.45, 2.75) is 18.9 Å². The number of nitrogens with one attached hydrogen (secondary N) is 1. The molecule has 1 N–H and O–H groups in total. The van der Waals surface area contributed by atoms with Crippen LogP contribution in [0.3, 0.4) is 0 Å². The number of pyridine rings is 1. The van der Waals surface area contributed by atoms with Crippen molar-refractivity contribution >= 4 is 11.8 Å². The van der Waals surface area contributed by atoms with Crippen molar-refractivity contribution in [1.29, 1.82) is 0 Å². The number of nitrogens with zero attached hydrogens (tertiary/aromatic N) is 2. The second-order valence-electron chi connectivity index (χ2n) is 5.79. The molecule has 0 unspecified atom stereocenters. The Kier molecular flexibility index (Phi) is 4.84. The smallest absolute Gasteiger partial charge is 0.253 e. The number of likely N-dealkylation sites (tertiary alicyclic amines) is 1. The van der Waals surface area contributed by atoms with Crippen LogP contribution in [0.2, 0.25) is 0 Å². The number of piperidine rings is 1. The summed E-state index contributed by atoms with van der Waals surface area (Å²) >= 11 is 0. The molecule has 0 saturated carbocycles. The Morgan fingerprint density at radius 2 is 1.79 bits per heavy atom. The Bertz CT molecular complexity index is 711. The fourth-order valence-electron chi connectivity index (χ4n) is 2.77. The van der Waals surface area contributed by atoms with E-state index in [0.717, 1.165) is 0 Å². The summed E-state index contributed by atoms with van der Waals surface area (Å²) in [4.78, 5) is 30.2. The van der Waals surface area contributed by atoms with Crippen molar-refractivity contribution in [3.63, 3.8) is 0 Å².